The first-order valence-electron chi connectivity index (χ1n) is 10.7. The molecule has 1 aromatic heterocycles. The number of carbonyl (C=O) groups is 1. The van der Waals surface area contributed by atoms with Gasteiger partial charge in [0.1, 0.15) is 5.75 Å². The van der Waals surface area contributed by atoms with Crippen molar-refractivity contribution in [3.63, 3.8) is 0 Å². The second kappa shape index (κ2) is 9.61. The van der Waals surface area contributed by atoms with Crippen LogP contribution in [0.4, 0.5) is 8.78 Å². The number of aliphatic imine (C=N–C) groups is 1. The Morgan fingerprint density at radius 3 is 2.76 bits per heavy atom. The van der Waals surface area contributed by atoms with Gasteiger partial charge < -0.3 is 15.2 Å². The molecule has 2 aliphatic heterocycles. The third kappa shape index (κ3) is 4.94. The molecule has 10 heteroatoms. The molecule has 0 unspecified atom stereocenters. The standard InChI is InChI=1S/C23H25ClF2N4O3/c1-23(13-19(31)30(22(27)29-23)15-7-10-32-11-8-15)16-5-2-4-14(20(16)24)12-17-18(33-21(25)26)6-3-9-28-17/h2-6,9,15,21H,7-8,10-13H2,1H3,(H2,27,29)/t23-/m0/s1. The number of carbonyl (C=O) groups excluding carboxylic acids is 1. The maximum Gasteiger partial charge on any atom is 0.387 e. The Kier molecular flexibility index (Phi) is 6.81. The van der Waals surface area contributed by atoms with Gasteiger partial charge >= 0.3 is 6.61 Å². The number of amides is 1. The quantitative estimate of drug-likeness (QED) is 0.680. The van der Waals surface area contributed by atoms with Crippen molar-refractivity contribution in [3.05, 3.63) is 58.4 Å². The summed E-state index contributed by atoms with van der Waals surface area (Å²) in [5.41, 5.74) is 6.93. The molecule has 33 heavy (non-hydrogen) atoms. The lowest BCUT2D eigenvalue weighted by atomic mass is 9.85. The van der Waals surface area contributed by atoms with Crippen molar-refractivity contribution in [3.8, 4) is 5.75 Å². The van der Waals surface area contributed by atoms with E-state index in [1.54, 1.807) is 23.1 Å². The van der Waals surface area contributed by atoms with Gasteiger partial charge in [-0.1, -0.05) is 29.8 Å². The summed E-state index contributed by atoms with van der Waals surface area (Å²) < 4.78 is 35.5. The van der Waals surface area contributed by atoms with Gasteiger partial charge in [-0.25, -0.2) is 4.99 Å². The second-order valence-corrected chi connectivity index (χ2v) is 8.69. The average molecular weight is 479 g/mol. The first-order chi connectivity index (χ1) is 15.8. The highest BCUT2D eigenvalue weighted by Crippen LogP contribution is 2.40. The molecule has 7 nitrogen and oxygen atoms in total. The predicted molar refractivity (Wildman–Crippen MR) is 119 cm³/mol. The maximum absolute atomic E-state index is 13.1. The molecule has 4 rings (SSSR count). The Morgan fingerprint density at radius 1 is 1.30 bits per heavy atom. The van der Waals surface area contributed by atoms with Crippen LogP contribution < -0.4 is 10.5 Å². The molecule has 176 valence electrons. The zero-order valence-corrected chi connectivity index (χ0v) is 18.9. The van der Waals surface area contributed by atoms with Crippen LogP contribution in [-0.2, 0) is 21.5 Å². The molecule has 1 fully saturated rings. The Morgan fingerprint density at radius 2 is 2.06 bits per heavy atom. The number of ether oxygens (including phenoxy) is 2. The summed E-state index contributed by atoms with van der Waals surface area (Å²) in [5.74, 6) is 0.0394. The predicted octanol–water partition coefficient (Wildman–Crippen LogP) is 3.87. The summed E-state index contributed by atoms with van der Waals surface area (Å²) in [7, 11) is 0. The van der Waals surface area contributed by atoms with Gasteiger partial charge in [0.2, 0.25) is 5.91 Å². The molecule has 2 N–H and O–H groups in total. The van der Waals surface area contributed by atoms with Crippen LogP contribution in [0.5, 0.6) is 5.75 Å². The van der Waals surface area contributed by atoms with E-state index < -0.39 is 12.2 Å². The smallest absolute Gasteiger partial charge is 0.387 e. The van der Waals surface area contributed by atoms with Crippen LogP contribution in [0.25, 0.3) is 0 Å². The summed E-state index contributed by atoms with van der Waals surface area (Å²) in [4.78, 5) is 23.6. The van der Waals surface area contributed by atoms with Crippen molar-refractivity contribution in [1.82, 2.24) is 9.88 Å². The molecular formula is C23H25ClF2N4O3. The highest BCUT2D eigenvalue weighted by molar-refractivity contribution is 6.32. The lowest BCUT2D eigenvalue weighted by Crippen LogP contribution is -2.55. The lowest BCUT2D eigenvalue weighted by molar-refractivity contribution is -0.132. The largest absolute Gasteiger partial charge is 0.433 e. The summed E-state index contributed by atoms with van der Waals surface area (Å²) in [6.07, 6.45) is 3.21. The van der Waals surface area contributed by atoms with Crippen LogP contribution in [0.3, 0.4) is 0 Å². The zero-order valence-electron chi connectivity index (χ0n) is 18.1. The highest BCUT2D eigenvalue weighted by Gasteiger charge is 2.41. The fourth-order valence-electron chi connectivity index (χ4n) is 4.42. The van der Waals surface area contributed by atoms with Crippen LogP contribution in [0.15, 0.2) is 41.5 Å². The molecule has 1 atom stereocenters. The first-order valence-corrected chi connectivity index (χ1v) is 11.1. The minimum absolute atomic E-state index is 0.0117. The van der Waals surface area contributed by atoms with E-state index in [9.17, 15) is 13.6 Å². The fourth-order valence-corrected chi connectivity index (χ4v) is 4.81. The molecule has 0 bridgehead atoms. The number of alkyl halides is 2. The maximum atomic E-state index is 13.1. The van der Waals surface area contributed by atoms with E-state index in [1.807, 2.05) is 6.92 Å². The van der Waals surface area contributed by atoms with Gasteiger partial charge in [0, 0.05) is 36.9 Å². The summed E-state index contributed by atoms with van der Waals surface area (Å²) in [6, 6.07) is 8.30. The van der Waals surface area contributed by atoms with Gasteiger partial charge in [-0.05, 0) is 43.0 Å². The van der Waals surface area contributed by atoms with Crippen LogP contribution in [0.2, 0.25) is 5.02 Å². The fraction of sp³-hybridized carbons (Fsp3) is 0.435. The van der Waals surface area contributed by atoms with Crippen molar-refractivity contribution < 1.29 is 23.0 Å². The Balaban J connectivity index is 1.64. The van der Waals surface area contributed by atoms with Gasteiger partial charge in [0.05, 0.1) is 17.7 Å². The second-order valence-electron chi connectivity index (χ2n) is 8.31. The molecule has 1 aromatic carbocycles. The van der Waals surface area contributed by atoms with Crippen LogP contribution in [0, 0.1) is 0 Å². The van der Waals surface area contributed by atoms with E-state index in [0.29, 0.717) is 47.9 Å². The minimum Gasteiger partial charge on any atom is -0.433 e. The summed E-state index contributed by atoms with van der Waals surface area (Å²) >= 11 is 6.75. The van der Waals surface area contributed by atoms with E-state index in [1.165, 1.54) is 18.3 Å². The number of rotatable bonds is 6. The van der Waals surface area contributed by atoms with Gasteiger partial charge in [0.15, 0.2) is 5.96 Å². The van der Waals surface area contributed by atoms with E-state index in [4.69, 9.17) is 27.1 Å². The van der Waals surface area contributed by atoms with Crippen molar-refractivity contribution in [2.75, 3.05) is 13.2 Å². The number of aromatic nitrogens is 1. The Labute approximate surface area is 195 Å². The number of nitrogens with two attached hydrogens (primary N) is 1. The van der Waals surface area contributed by atoms with E-state index in [0.717, 1.165) is 0 Å². The number of nitrogens with zero attached hydrogens (tertiary/aromatic N) is 3. The van der Waals surface area contributed by atoms with Gasteiger partial charge in [-0.2, -0.15) is 8.78 Å². The van der Waals surface area contributed by atoms with Gasteiger partial charge in [-0.15, -0.1) is 0 Å². The third-order valence-corrected chi connectivity index (χ3v) is 6.46. The highest BCUT2D eigenvalue weighted by atomic mass is 35.5. The molecule has 0 aliphatic carbocycles. The average Bonchev–Trinajstić information content (AvgIpc) is 2.76. The number of halogens is 3. The number of benzene rings is 1. The molecule has 2 aromatic rings. The molecule has 3 heterocycles. The lowest BCUT2D eigenvalue weighted by Gasteiger charge is -2.40. The molecule has 1 saturated heterocycles. The van der Waals surface area contributed by atoms with Crippen molar-refractivity contribution in [2.45, 2.75) is 50.8 Å². The third-order valence-electron chi connectivity index (χ3n) is 6.01. The van der Waals surface area contributed by atoms with Gasteiger partial charge in [0.25, 0.3) is 0 Å². The van der Waals surface area contributed by atoms with E-state index in [-0.39, 0.29) is 36.5 Å². The van der Waals surface area contributed by atoms with Gasteiger partial charge in [-0.3, -0.25) is 14.7 Å². The first kappa shape index (κ1) is 23.4. The summed E-state index contributed by atoms with van der Waals surface area (Å²) in [5, 5.41) is 0.387. The number of hydrogen-bond acceptors (Lipinski definition) is 6. The van der Waals surface area contributed by atoms with Crippen LogP contribution in [-0.4, -0.2) is 47.6 Å². The normalized spacial score (nSPS) is 21.9. The molecule has 2 aliphatic rings. The SMILES string of the molecule is C[C@@]1(c2cccc(Cc3ncccc3OC(F)F)c2Cl)CC(=O)N(C2CCOCC2)C(N)=N1. The molecule has 0 saturated carbocycles. The number of pyridine rings is 1. The Bertz CT molecular complexity index is 1060. The van der Waals surface area contributed by atoms with Crippen molar-refractivity contribution in [1.29, 1.82) is 0 Å². The van der Waals surface area contributed by atoms with Crippen molar-refractivity contribution >= 4 is 23.5 Å². The molecular weight excluding hydrogens is 454 g/mol. The van der Waals surface area contributed by atoms with Crippen molar-refractivity contribution in [2.24, 2.45) is 10.7 Å². The topological polar surface area (TPSA) is 90.0 Å². The number of hydrogen-bond donors (Lipinski definition) is 1. The molecule has 1 amide bonds. The summed E-state index contributed by atoms with van der Waals surface area (Å²) in [6.45, 7) is 0.0174. The van der Waals surface area contributed by atoms with E-state index in [2.05, 4.69) is 9.72 Å². The van der Waals surface area contributed by atoms with Crippen LogP contribution in [0.1, 0.15) is 43.0 Å². The molecule has 0 radical (unpaired) electrons. The van der Waals surface area contributed by atoms with E-state index >= 15 is 0 Å². The van der Waals surface area contributed by atoms with Crippen LogP contribution >= 0.6 is 11.6 Å². The minimum atomic E-state index is -2.96. The molecule has 0 spiro atoms. The monoisotopic (exact) mass is 478 g/mol. The Hall–Kier alpha value is -2.78. The number of guanidine groups is 1. The zero-order chi connectivity index (χ0) is 23.6.